The Morgan fingerprint density at radius 3 is 2.46 bits per heavy atom. The third kappa shape index (κ3) is 7.14. The van der Waals surface area contributed by atoms with Gasteiger partial charge in [0.1, 0.15) is 31.5 Å². The molecular weight excluding hydrogens is 522 g/mol. The highest BCUT2D eigenvalue weighted by Crippen LogP contribution is 2.35. The quantitative estimate of drug-likeness (QED) is 0.450. The molecule has 1 aliphatic carbocycles. The average molecular weight is 560 g/mol. The number of anilines is 1. The molecule has 2 aliphatic rings. The second kappa shape index (κ2) is 12.6. The Hall–Kier alpha value is -3.47. The fraction of sp³-hybridized carbons (Fsp3) is 0.500. The zero-order chi connectivity index (χ0) is 28.0. The summed E-state index contributed by atoms with van der Waals surface area (Å²) in [5.74, 6) is 0.823. The molecular formula is C28H37N3O7S. The summed E-state index contributed by atoms with van der Waals surface area (Å²) < 4.78 is 43.3. The summed E-state index contributed by atoms with van der Waals surface area (Å²) in [5, 5.41) is 3.10. The van der Waals surface area contributed by atoms with Gasteiger partial charge in [0.15, 0.2) is 11.5 Å². The molecule has 0 aromatic heterocycles. The first-order valence-electron chi connectivity index (χ1n) is 13.3. The van der Waals surface area contributed by atoms with Crippen LogP contribution in [0, 0.1) is 0 Å². The summed E-state index contributed by atoms with van der Waals surface area (Å²) in [7, 11) is -2.30. The number of amides is 2. The molecule has 1 heterocycles. The molecule has 0 radical (unpaired) electrons. The monoisotopic (exact) mass is 559 g/mol. The maximum Gasteiger partial charge on any atom is 0.244 e. The van der Waals surface area contributed by atoms with Crippen LogP contribution in [0.4, 0.5) is 5.69 Å². The minimum Gasteiger partial charge on any atom is -0.497 e. The van der Waals surface area contributed by atoms with Gasteiger partial charge in [-0.3, -0.25) is 13.9 Å². The maximum atomic E-state index is 13.9. The highest BCUT2D eigenvalue weighted by molar-refractivity contribution is 7.92. The number of hydrogen-bond donors (Lipinski definition) is 1. The van der Waals surface area contributed by atoms with Crippen LogP contribution in [-0.2, 0) is 26.2 Å². The van der Waals surface area contributed by atoms with Gasteiger partial charge in [-0.05, 0) is 49.1 Å². The first-order valence-corrected chi connectivity index (χ1v) is 15.1. The van der Waals surface area contributed by atoms with E-state index in [1.807, 2.05) is 19.1 Å². The Labute approximate surface area is 230 Å². The zero-order valence-electron chi connectivity index (χ0n) is 22.7. The van der Waals surface area contributed by atoms with E-state index in [4.69, 9.17) is 14.2 Å². The summed E-state index contributed by atoms with van der Waals surface area (Å²) in [4.78, 5) is 28.8. The zero-order valence-corrected chi connectivity index (χ0v) is 23.5. The lowest BCUT2D eigenvalue weighted by Gasteiger charge is -2.33. The summed E-state index contributed by atoms with van der Waals surface area (Å²) in [5.41, 5.74) is 1.04. The van der Waals surface area contributed by atoms with Crippen molar-refractivity contribution >= 4 is 27.5 Å². The van der Waals surface area contributed by atoms with E-state index in [2.05, 4.69) is 5.32 Å². The molecule has 2 aromatic carbocycles. The molecule has 212 valence electrons. The molecule has 39 heavy (non-hydrogen) atoms. The minimum absolute atomic E-state index is 0.0885. The molecule has 2 aromatic rings. The van der Waals surface area contributed by atoms with E-state index in [1.165, 1.54) is 4.90 Å². The smallest absolute Gasteiger partial charge is 0.244 e. The molecule has 1 atom stereocenters. The van der Waals surface area contributed by atoms with Crippen LogP contribution in [0.1, 0.15) is 44.6 Å². The van der Waals surface area contributed by atoms with Gasteiger partial charge in [-0.2, -0.15) is 0 Å². The number of ether oxygens (including phenoxy) is 3. The van der Waals surface area contributed by atoms with Gasteiger partial charge in [0.25, 0.3) is 0 Å². The fourth-order valence-electron chi connectivity index (χ4n) is 5.06. The van der Waals surface area contributed by atoms with Crippen molar-refractivity contribution in [1.29, 1.82) is 0 Å². The molecule has 11 heteroatoms. The van der Waals surface area contributed by atoms with Crippen molar-refractivity contribution in [3.63, 3.8) is 0 Å². The Morgan fingerprint density at radius 2 is 1.79 bits per heavy atom. The predicted octanol–water partition coefficient (Wildman–Crippen LogP) is 3.10. The summed E-state index contributed by atoms with van der Waals surface area (Å²) in [6, 6.07) is 11.3. The number of sulfonamides is 1. The van der Waals surface area contributed by atoms with Gasteiger partial charge in [0.05, 0.1) is 19.1 Å². The lowest BCUT2D eigenvalue weighted by Crippen LogP contribution is -2.53. The van der Waals surface area contributed by atoms with E-state index in [0.717, 1.165) is 41.8 Å². The van der Waals surface area contributed by atoms with Crippen LogP contribution in [0.3, 0.4) is 0 Å². The van der Waals surface area contributed by atoms with Crippen molar-refractivity contribution in [2.75, 3.05) is 37.4 Å². The second-order valence-corrected chi connectivity index (χ2v) is 11.8. The second-order valence-electron chi connectivity index (χ2n) is 9.88. The highest BCUT2D eigenvalue weighted by atomic mass is 32.2. The van der Waals surface area contributed by atoms with Crippen LogP contribution < -0.4 is 23.8 Å². The van der Waals surface area contributed by atoms with E-state index < -0.39 is 28.5 Å². The van der Waals surface area contributed by atoms with Gasteiger partial charge in [-0.1, -0.05) is 31.9 Å². The van der Waals surface area contributed by atoms with Crippen LogP contribution in [0.25, 0.3) is 0 Å². The molecule has 0 spiro atoms. The number of nitrogens with one attached hydrogen (secondary N) is 1. The largest absolute Gasteiger partial charge is 0.497 e. The van der Waals surface area contributed by atoms with Crippen LogP contribution in [-0.4, -0.2) is 70.3 Å². The van der Waals surface area contributed by atoms with Crippen molar-refractivity contribution in [3.05, 3.63) is 48.0 Å². The Balaban J connectivity index is 1.64. The van der Waals surface area contributed by atoms with Crippen LogP contribution in [0.2, 0.25) is 0 Å². The molecule has 4 rings (SSSR count). The lowest BCUT2D eigenvalue weighted by molar-refractivity contribution is -0.140. The van der Waals surface area contributed by atoms with Crippen molar-refractivity contribution in [2.24, 2.45) is 0 Å². The number of carbonyl (C=O) groups is 2. The highest BCUT2D eigenvalue weighted by Gasteiger charge is 2.33. The molecule has 0 bridgehead atoms. The number of rotatable bonds is 11. The van der Waals surface area contributed by atoms with Crippen molar-refractivity contribution in [1.82, 2.24) is 10.2 Å². The van der Waals surface area contributed by atoms with Crippen LogP contribution in [0.5, 0.6) is 17.2 Å². The fourth-order valence-corrected chi connectivity index (χ4v) is 5.90. The number of benzene rings is 2. The normalized spacial score (nSPS) is 15.9. The van der Waals surface area contributed by atoms with E-state index in [0.29, 0.717) is 36.9 Å². The number of methoxy groups -OCH3 is 1. The first-order chi connectivity index (χ1) is 18.7. The number of nitrogens with zero attached hydrogens (tertiary/aromatic N) is 2. The van der Waals surface area contributed by atoms with Gasteiger partial charge in [-0.25, -0.2) is 8.42 Å². The molecule has 10 nitrogen and oxygen atoms in total. The summed E-state index contributed by atoms with van der Waals surface area (Å²) in [6.45, 7) is 2.24. The summed E-state index contributed by atoms with van der Waals surface area (Å²) in [6.07, 6.45) is 5.38. The van der Waals surface area contributed by atoms with E-state index in [1.54, 1.807) is 37.4 Å². The van der Waals surface area contributed by atoms with E-state index >= 15 is 0 Å². The SMILES string of the molecule is CCC(C(=O)NC1CCCC1)N(Cc1cccc(OC)c1)C(=O)CN(c1ccc2c(c1)OCCO2)S(C)(=O)=O. The molecule has 1 unspecified atom stereocenters. The van der Waals surface area contributed by atoms with Gasteiger partial charge in [0.2, 0.25) is 21.8 Å². The van der Waals surface area contributed by atoms with Gasteiger partial charge < -0.3 is 24.4 Å². The first kappa shape index (κ1) is 28.5. The third-order valence-electron chi connectivity index (χ3n) is 7.07. The topological polar surface area (TPSA) is 114 Å². The maximum absolute atomic E-state index is 13.9. The van der Waals surface area contributed by atoms with E-state index in [-0.39, 0.29) is 24.2 Å². The number of carbonyl (C=O) groups excluding carboxylic acids is 2. The Bertz CT molecular complexity index is 1280. The molecule has 1 saturated carbocycles. The van der Waals surface area contributed by atoms with E-state index in [9.17, 15) is 18.0 Å². The van der Waals surface area contributed by atoms with Gasteiger partial charge in [-0.15, -0.1) is 0 Å². The minimum atomic E-state index is -3.86. The van der Waals surface area contributed by atoms with Gasteiger partial charge >= 0.3 is 0 Å². The van der Waals surface area contributed by atoms with Crippen LogP contribution in [0.15, 0.2) is 42.5 Å². The Kier molecular flexibility index (Phi) is 9.21. The van der Waals surface area contributed by atoms with Crippen molar-refractivity contribution in [2.45, 2.75) is 57.7 Å². The summed E-state index contributed by atoms with van der Waals surface area (Å²) >= 11 is 0. The molecule has 2 amide bonds. The average Bonchev–Trinajstić information content (AvgIpc) is 3.43. The lowest BCUT2D eigenvalue weighted by atomic mass is 10.1. The van der Waals surface area contributed by atoms with Crippen molar-refractivity contribution in [3.8, 4) is 17.2 Å². The Morgan fingerprint density at radius 1 is 1.08 bits per heavy atom. The number of fused-ring (bicyclic) bond motifs is 1. The molecule has 0 saturated heterocycles. The standard InChI is InChI=1S/C28H37N3O7S/c1-4-24(28(33)29-21-9-5-6-10-21)30(18-20-8-7-11-23(16-20)36-2)27(32)19-31(39(3,34)35)22-12-13-25-26(17-22)38-15-14-37-25/h7-8,11-13,16-17,21,24H,4-6,9-10,14-15,18-19H2,1-3H3,(H,29,33). The number of hydrogen-bond acceptors (Lipinski definition) is 7. The molecule has 1 N–H and O–H groups in total. The molecule has 1 fully saturated rings. The molecule has 1 aliphatic heterocycles. The van der Waals surface area contributed by atoms with Crippen molar-refractivity contribution < 1.29 is 32.2 Å². The van der Waals surface area contributed by atoms with Gasteiger partial charge in [0, 0.05) is 18.7 Å². The van der Waals surface area contributed by atoms with Crippen LogP contribution >= 0.6 is 0 Å². The third-order valence-corrected chi connectivity index (χ3v) is 8.21. The predicted molar refractivity (Wildman–Crippen MR) is 148 cm³/mol.